The molecule has 116 valence electrons. The van der Waals surface area contributed by atoms with Gasteiger partial charge in [0.15, 0.2) is 6.04 Å². The zero-order valence-corrected chi connectivity index (χ0v) is 13.5. The lowest BCUT2D eigenvalue weighted by atomic mass is 10.1. The summed E-state index contributed by atoms with van der Waals surface area (Å²) in [6.45, 7) is 0. The van der Waals surface area contributed by atoms with Crippen LogP contribution in [0.2, 0.25) is 5.02 Å². The van der Waals surface area contributed by atoms with E-state index in [9.17, 15) is 14.7 Å². The third-order valence-corrected chi connectivity index (χ3v) is 3.81. The van der Waals surface area contributed by atoms with E-state index >= 15 is 0 Å². The number of carbonyl (C=O) groups is 2. The smallest absolute Gasteiger partial charge is 0.330 e. The van der Waals surface area contributed by atoms with Gasteiger partial charge in [-0.1, -0.05) is 17.7 Å². The maximum absolute atomic E-state index is 11.8. The van der Waals surface area contributed by atoms with E-state index in [1.807, 2.05) is 6.26 Å². The highest BCUT2D eigenvalue weighted by Gasteiger charge is 2.22. The third-order valence-electron chi connectivity index (χ3n) is 2.81. The lowest BCUT2D eigenvalue weighted by Crippen LogP contribution is -2.33. The number of rotatable bonds is 8. The Hall–Kier alpha value is -1.40. The lowest BCUT2D eigenvalue weighted by molar-refractivity contribution is -0.142. The summed E-state index contributed by atoms with van der Waals surface area (Å²) in [5, 5.41) is 12.1. The van der Waals surface area contributed by atoms with Crippen molar-refractivity contribution in [2.75, 3.05) is 19.1 Å². The third kappa shape index (κ3) is 5.47. The Kier molecular flexibility index (Phi) is 7.39. The average molecular weight is 332 g/mol. The second kappa shape index (κ2) is 8.79. The van der Waals surface area contributed by atoms with Crippen LogP contribution in [0.4, 0.5) is 0 Å². The highest BCUT2D eigenvalue weighted by molar-refractivity contribution is 7.98. The van der Waals surface area contributed by atoms with Gasteiger partial charge in [-0.3, -0.25) is 4.79 Å². The van der Waals surface area contributed by atoms with Crippen LogP contribution < -0.4 is 10.1 Å². The largest absolute Gasteiger partial charge is 0.495 e. The summed E-state index contributed by atoms with van der Waals surface area (Å²) < 4.78 is 5.02. The monoisotopic (exact) mass is 331 g/mol. The van der Waals surface area contributed by atoms with Crippen LogP contribution >= 0.6 is 23.4 Å². The van der Waals surface area contributed by atoms with Gasteiger partial charge in [0.1, 0.15) is 5.75 Å². The standard InChI is InChI=1S/C14H18ClNO4S/c1-20-11-6-5-9(8-10(11)15)13(14(18)19)16-12(17)4-3-7-21-2/h5-6,8,13H,3-4,7H2,1-2H3,(H,16,17)(H,18,19). The van der Waals surface area contributed by atoms with Crippen LogP contribution in [0.25, 0.3) is 0 Å². The molecule has 1 atom stereocenters. The van der Waals surface area contributed by atoms with Crippen LogP contribution in [0.15, 0.2) is 18.2 Å². The number of hydrogen-bond donors (Lipinski definition) is 2. The normalized spacial score (nSPS) is 11.8. The van der Waals surface area contributed by atoms with Gasteiger partial charge in [-0.25, -0.2) is 4.79 Å². The van der Waals surface area contributed by atoms with E-state index in [0.29, 0.717) is 29.2 Å². The minimum Gasteiger partial charge on any atom is -0.495 e. The van der Waals surface area contributed by atoms with Crippen LogP contribution in [0, 0.1) is 0 Å². The van der Waals surface area contributed by atoms with E-state index in [2.05, 4.69) is 5.32 Å². The topological polar surface area (TPSA) is 75.6 Å². The second-order valence-corrected chi connectivity index (χ2v) is 5.72. The van der Waals surface area contributed by atoms with Crippen molar-refractivity contribution >= 4 is 35.2 Å². The second-order valence-electron chi connectivity index (χ2n) is 4.33. The maximum atomic E-state index is 11.8. The predicted molar refractivity (Wildman–Crippen MR) is 84.1 cm³/mol. The Bertz CT molecular complexity index is 510. The number of amides is 1. The van der Waals surface area contributed by atoms with Gasteiger partial charge in [0.05, 0.1) is 12.1 Å². The molecule has 0 radical (unpaired) electrons. The molecule has 0 heterocycles. The van der Waals surface area contributed by atoms with Crippen LogP contribution in [-0.4, -0.2) is 36.1 Å². The van der Waals surface area contributed by atoms with Gasteiger partial charge in [-0.2, -0.15) is 11.8 Å². The first kappa shape index (κ1) is 17.7. The van der Waals surface area contributed by atoms with Crippen LogP contribution in [0.3, 0.4) is 0 Å². The lowest BCUT2D eigenvalue weighted by Gasteiger charge is -2.16. The first-order valence-corrected chi connectivity index (χ1v) is 8.11. The molecule has 5 nitrogen and oxygen atoms in total. The molecule has 0 spiro atoms. The first-order chi connectivity index (χ1) is 9.99. The van der Waals surface area contributed by atoms with Gasteiger partial charge >= 0.3 is 5.97 Å². The minimum absolute atomic E-state index is 0.289. The van der Waals surface area contributed by atoms with Crippen molar-refractivity contribution < 1.29 is 19.4 Å². The molecule has 1 unspecified atom stereocenters. The van der Waals surface area contributed by atoms with Gasteiger partial charge in [-0.15, -0.1) is 0 Å². The van der Waals surface area contributed by atoms with E-state index in [1.165, 1.54) is 13.2 Å². The summed E-state index contributed by atoms with van der Waals surface area (Å²) >= 11 is 7.63. The summed E-state index contributed by atoms with van der Waals surface area (Å²) in [5.41, 5.74) is 0.409. The summed E-state index contributed by atoms with van der Waals surface area (Å²) in [6.07, 6.45) is 2.97. The van der Waals surface area contributed by atoms with Gasteiger partial charge in [0.25, 0.3) is 0 Å². The summed E-state index contributed by atoms with van der Waals surface area (Å²) in [7, 11) is 1.48. The number of ether oxygens (including phenoxy) is 1. The van der Waals surface area contributed by atoms with Crippen LogP contribution in [0.1, 0.15) is 24.4 Å². The molecule has 0 aliphatic rings. The van der Waals surface area contributed by atoms with Crippen molar-refractivity contribution in [3.8, 4) is 5.75 Å². The predicted octanol–water partition coefficient (Wildman–Crippen LogP) is 2.73. The molecule has 0 fully saturated rings. The van der Waals surface area contributed by atoms with E-state index in [1.54, 1.807) is 23.9 Å². The summed E-state index contributed by atoms with van der Waals surface area (Å²) in [5.74, 6) is -0.104. The highest BCUT2D eigenvalue weighted by atomic mass is 35.5. The molecule has 7 heteroatoms. The van der Waals surface area contributed by atoms with E-state index in [0.717, 1.165) is 5.75 Å². The number of thioether (sulfide) groups is 1. The molecule has 0 aromatic heterocycles. The molecule has 2 N–H and O–H groups in total. The average Bonchev–Trinajstić information content (AvgIpc) is 2.44. The number of carbonyl (C=O) groups excluding carboxylic acids is 1. The van der Waals surface area contributed by atoms with Crippen molar-refractivity contribution in [2.45, 2.75) is 18.9 Å². The molecule has 0 aliphatic carbocycles. The van der Waals surface area contributed by atoms with E-state index in [-0.39, 0.29) is 5.91 Å². The fourth-order valence-electron chi connectivity index (χ4n) is 1.76. The zero-order chi connectivity index (χ0) is 15.8. The quantitative estimate of drug-likeness (QED) is 0.716. The Balaban J connectivity index is 2.80. The Morgan fingerprint density at radius 1 is 1.48 bits per heavy atom. The molecule has 1 amide bonds. The number of halogens is 1. The summed E-state index contributed by atoms with van der Waals surface area (Å²) in [4.78, 5) is 23.1. The van der Waals surface area contributed by atoms with E-state index < -0.39 is 12.0 Å². The van der Waals surface area contributed by atoms with Crippen molar-refractivity contribution in [1.82, 2.24) is 5.32 Å². The van der Waals surface area contributed by atoms with Crippen LogP contribution in [0.5, 0.6) is 5.75 Å². The minimum atomic E-state index is -1.13. The molecule has 0 saturated heterocycles. The highest BCUT2D eigenvalue weighted by Crippen LogP contribution is 2.27. The number of nitrogens with one attached hydrogen (secondary N) is 1. The molecule has 0 bridgehead atoms. The van der Waals surface area contributed by atoms with Crippen molar-refractivity contribution in [2.24, 2.45) is 0 Å². The molecular weight excluding hydrogens is 314 g/mol. The maximum Gasteiger partial charge on any atom is 0.330 e. The first-order valence-electron chi connectivity index (χ1n) is 6.34. The number of carboxylic acids is 1. The number of aliphatic carboxylic acids is 1. The van der Waals surface area contributed by atoms with E-state index in [4.69, 9.17) is 16.3 Å². The fourth-order valence-corrected chi connectivity index (χ4v) is 2.46. The van der Waals surface area contributed by atoms with Gasteiger partial charge in [-0.05, 0) is 36.1 Å². The molecule has 1 aromatic rings. The number of hydrogen-bond acceptors (Lipinski definition) is 4. The number of methoxy groups -OCH3 is 1. The molecule has 0 aliphatic heterocycles. The van der Waals surface area contributed by atoms with Gasteiger partial charge in [0, 0.05) is 6.42 Å². The molecule has 21 heavy (non-hydrogen) atoms. The Morgan fingerprint density at radius 2 is 2.19 bits per heavy atom. The number of carboxylic acid groups (broad SMARTS) is 1. The Morgan fingerprint density at radius 3 is 2.71 bits per heavy atom. The SMILES string of the molecule is COc1ccc(C(NC(=O)CCCSC)C(=O)O)cc1Cl. The number of benzene rings is 1. The fraction of sp³-hybridized carbons (Fsp3) is 0.429. The Labute approximate surface area is 133 Å². The van der Waals surface area contributed by atoms with Gasteiger partial charge in [0.2, 0.25) is 5.91 Å². The molecular formula is C14H18ClNO4S. The van der Waals surface area contributed by atoms with Crippen molar-refractivity contribution in [1.29, 1.82) is 0 Å². The summed E-state index contributed by atoms with van der Waals surface area (Å²) in [6, 6.07) is 3.52. The van der Waals surface area contributed by atoms with Gasteiger partial charge < -0.3 is 15.2 Å². The van der Waals surface area contributed by atoms with Crippen LogP contribution in [-0.2, 0) is 9.59 Å². The van der Waals surface area contributed by atoms with Crippen molar-refractivity contribution in [3.05, 3.63) is 28.8 Å². The zero-order valence-electron chi connectivity index (χ0n) is 11.9. The molecule has 1 rings (SSSR count). The molecule has 1 aromatic carbocycles. The van der Waals surface area contributed by atoms with Crippen molar-refractivity contribution in [3.63, 3.8) is 0 Å². The molecule has 0 saturated carbocycles.